The van der Waals surface area contributed by atoms with E-state index in [1.807, 2.05) is 19.9 Å². The van der Waals surface area contributed by atoms with Gasteiger partial charge in [-0.05, 0) is 81.5 Å². The number of allylic oxidation sites excluding steroid dienone is 2. The highest BCUT2D eigenvalue weighted by Crippen LogP contribution is 2.67. The lowest BCUT2D eigenvalue weighted by Gasteiger charge is -2.62. The zero-order valence-corrected chi connectivity index (χ0v) is 21.0. The Balaban J connectivity index is 1.60. The van der Waals surface area contributed by atoms with Crippen molar-refractivity contribution in [1.29, 1.82) is 0 Å². The summed E-state index contributed by atoms with van der Waals surface area (Å²) in [4.78, 5) is 0. The summed E-state index contributed by atoms with van der Waals surface area (Å²) in [5, 5.41) is 43.2. The second-order valence-electron chi connectivity index (χ2n) is 12.9. The molecular formula is C28H46O4. The zero-order chi connectivity index (χ0) is 23.7. The van der Waals surface area contributed by atoms with E-state index in [1.165, 1.54) is 12.0 Å². The van der Waals surface area contributed by atoms with Gasteiger partial charge in [-0.3, -0.25) is 0 Å². The molecule has 4 heteroatoms. The van der Waals surface area contributed by atoms with Gasteiger partial charge in [0.25, 0.3) is 0 Å². The van der Waals surface area contributed by atoms with Crippen molar-refractivity contribution in [1.82, 2.24) is 0 Å². The summed E-state index contributed by atoms with van der Waals surface area (Å²) < 4.78 is 0. The van der Waals surface area contributed by atoms with Gasteiger partial charge >= 0.3 is 0 Å². The summed E-state index contributed by atoms with van der Waals surface area (Å²) >= 11 is 0. The number of aliphatic hydroxyl groups is 4. The van der Waals surface area contributed by atoms with Gasteiger partial charge < -0.3 is 20.4 Å². The van der Waals surface area contributed by atoms with E-state index >= 15 is 0 Å². The first kappa shape index (κ1) is 24.4. The summed E-state index contributed by atoms with van der Waals surface area (Å²) in [7, 11) is 0. The third-order valence-corrected chi connectivity index (χ3v) is 10.8. The van der Waals surface area contributed by atoms with E-state index < -0.39 is 23.4 Å². The molecule has 0 heterocycles. The lowest BCUT2D eigenvalue weighted by atomic mass is 9.45. The van der Waals surface area contributed by atoms with Gasteiger partial charge in [0.05, 0.1) is 11.7 Å². The van der Waals surface area contributed by atoms with Crippen LogP contribution >= 0.6 is 0 Å². The van der Waals surface area contributed by atoms with Crippen molar-refractivity contribution in [2.24, 2.45) is 40.4 Å². The summed E-state index contributed by atoms with van der Waals surface area (Å²) in [5.74, 6) is 1.88. The third kappa shape index (κ3) is 3.56. The van der Waals surface area contributed by atoms with Crippen molar-refractivity contribution in [3.63, 3.8) is 0 Å². The number of rotatable bonds is 4. The number of hydrogen-bond acceptors (Lipinski definition) is 4. The molecule has 4 N–H and O–H groups in total. The van der Waals surface area contributed by atoms with E-state index in [2.05, 4.69) is 39.8 Å². The molecule has 0 radical (unpaired) electrons. The lowest BCUT2D eigenvalue weighted by molar-refractivity contribution is -0.210. The molecule has 4 aliphatic rings. The number of fused-ring (bicyclic) bond motifs is 5. The molecule has 0 aromatic heterocycles. The molecule has 0 amide bonds. The van der Waals surface area contributed by atoms with Crippen LogP contribution in [0.5, 0.6) is 0 Å². The van der Waals surface area contributed by atoms with E-state index in [9.17, 15) is 20.4 Å². The van der Waals surface area contributed by atoms with Gasteiger partial charge in [-0.15, -0.1) is 0 Å². The second-order valence-corrected chi connectivity index (χ2v) is 12.9. The Bertz CT molecular complexity index is 781. The molecule has 0 spiro atoms. The standard InChI is InChI=1S/C28H46O4/c1-17(7-8-18(2)25(3,4)31)21-9-10-22-20-15-24(30)28(32)16-19(29)11-14-27(28,6)23(20)12-13-26(21,22)5/h7-8,15,17-19,21-24,29-32H,9-14,16H2,1-6H3/b8-7+/t17-,18+,19+,21-,22+,23+,24-,26-,27-,28+/m1/s1. The molecule has 10 atom stereocenters. The maximum atomic E-state index is 11.6. The monoisotopic (exact) mass is 446 g/mol. The average molecular weight is 447 g/mol. The molecule has 182 valence electrons. The Labute approximate surface area is 194 Å². The molecule has 0 aromatic rings. The zero-order valence-electron chi connectivity index (χ0n) is 21.0. The highest BCUT2D eigenvalue weighted by atomic mass is 16.3. The highest BCUT2D eigenvalue weighted by molar-refractivity contribution is 5.33. The quantitative estimate of drug-likeness (QED) is 0.475. The van der Waals surface area contributed by atoms with Crippen LogP contribution in [0.3, 0.4) is 0 Å². The van der Waals surface area contributed by atoms with Gasteiger partial charge in [-0.2, -0.15) is 0 Å². The fourth-order valence-electron chi connectivity index (χ4n) is 8.16. The lowest BCUT2D eigenvalue weighted by Crippen LogP contribution is -2.65. The van der Waals surface area contributed by atoms with Crippen molar-refractivity contribution in [3.05, 3.63) is 23.8 Å². The largest absolute Gasteiger partial charge is 0.393 e. The van der Waals surface area contributed by atoms with E-state index in [1.54, 1.807) is 0 Å². The van der Waals surface area contributed by atoms with E-state index in [-0.39, 0.29) is 23.2 Å². The SMILES string of the molecule is C[C@H](/C=C/[C@H](C)C(C)(C)O)[C@H]1CC[C@H]2C3=C[C@@H](O)[C@@]4(O)C[C@@H](O)CC[C@]4(C)[C@H]3CC[C@]12C. The van der Waals surface area contributed by atoms with Crippen LogP contribution in [0.4, 0.5) is 0 Å². The number of aliphatic hydroxyl groups excluding tert-OH is 2. The van der Waals surface area contributed by atoms with Gasteiger partial charge in [0.15, 0.2) is 0 Å². The van der Waals surface area contributed by atoms with Crippen LogP contribution in [-0.4, -0.2) is 43.8 Å². The molecule has 4 rings (SSSR count). The van der Waals surface area contributed by atoms with Crippen LogP contribution < -0.4 is 0 Å². The summed E-state index contributed by atoms with van der Waals surface area (Å²) in [6.07, 6.45) is 11.3. The first-order chi connectivity index (χ1) is 14.7. The third-order valence-electron chi connectivity index (χ3n) is 10.8. The summed E-state index contributed by atoms with van der Waals surface area (Å²) in [6.45, 7) is 12.8. The maximum Gasteiger partial charge on any atom is 0.102 e. The average Bonchev–Trinajstić information content (AvgIpc) is 3.05. The van der Waals surface area contributed by atoms with Gasteiger partial charge in [0, 0.05) is 17.8 Å². The van der Waals surface area contributed by atoms with Crippen molar-refractivity contribution in [2.45, 2.75) is 110 Å². The maximum absolute atomic E-state index is 11.6. The predicted octanol–water partition coefficient (Wildman–Crippen LogP) is 4.61. The van der Waals surface area contributed by atoms with Gasteiger partial charge in [0.2, 0.25) is 0 Å². The van der Waals surface area contributed by atoms with Gasteiger partial charge in [-0.25, -0.2) is 0 Å². The van der Waals surface area contributed by atoms with Crippen molar-refractivity contribution in [3.8, 4) is 0 Å². The molecule has 32 heavy (non-hydrogen) atoms. The van der Waals surface area contributed by atoms with Crippen LogP contribution in [0.1, 0.15) is 86.5 Å². The van der Waals surface area contributed by atoms with E-state index in [0.717, 1.165) is 25.7 Å². The highest BCUT2D eigenvalue weighted by Gasteiger charge is 2.64. The Kier molecular flexibility index (Phi) is 6.06. The Morgan fingerprint density at radius 2 is 1.69 bits per heavy atom. The first-order valence-corrected chi connectivity index (χ1v) is 12.9. The van der Waals surface area contributed by atoms with Crippen LogP contribution in [0.15, 0.2) is 23.8 Å². The Hall–Kier alpha value is -0.680. The first-order valence-electron chi connectivity index (χ1n) is 12.9. The molecule has 0 saturated heterocycles. The molecule has 3 saturated carbocycles. The van der Waals surface area contributed by atoms with Crippen LogP contribution in [0, 0.1) is 40.4 Å². The Morgan fingerprint density at radius 1 is 1.00 bits per heavy atom. The number of hydrogen-bond donors (Lipinski definition) is 4. The summed E-state index contributed by atoms with van der Waals surface area (Å²) in [5.41, 5.74) is -0.724. The molecule has 0 unspecified atom stereocenters. The Morgan fingerprint density at radius 3 is 2.34 bits per heavy atom. The molecule has 0 aromatic carbocycles. The molecule has 0 aliphatic heterocycles. The fraction of sp³-hybridized carbons (Fsp3) is 0.857. The topological polar surface area (TPSA) is 80.9 Å². The predicted molar refractivity (Wildman–Crippen MR) is 128 cm³/mol. The summed E-state index contributed by atoms with van der Waals surface area (Å²) in [6, 6.07) is 0. The second kappa shape index (κ2) is 7.93. The van der Waals surface area contributed by atoms with E-state index in [0.29, 0.717) is 30.1 Å². The molecule has 4 aliphatic carbocycles. The minimum Gasteiger partial charge on any atom is -0.393 e. The van der Waals surface area contributed by atoms with Gasteiger partial charge in [-0.1, -0.05) is 51.5 Å². The molecule has 0 bridgehead atoms. The molecular weight excluding hydrogens is 400 g/mol. The van der Waals surface area contributed by atoms with Crippen LogP contribution in [-0.2, 0) is 0 Å². The van der Waals surface area contributed by atoms with Crippen LogP contribution in [0.2, 0.25) is 0 Å². The van der Waals surface area contributed by atoms with Crippen molar-refractivity contribution in [2.75, 3.05) is 0 Å². The van der Waals surface area contributed by atoms with Crippen molar-refractivity contribution >= 4 is 0 Å². The fourth-order valence-corrected chi connectivity index (χ4v) is 8.16. The molecule has 4 nitrogen and oxygen atoms in total. The smallest absolute Gasteiger partial charge is 0.102 e. The van der Waals surface area contributed by atoms with Crippen molar-refractivity contribution < 1.29 is 20.4 Å². The minimum absolute atomic E-state index is 0.112. The normalized spacial score (nSPS) is 48.6. The minimum atomic E-state index is -1.23. The van der Waals surface area contributed by atoms with E-state index in [4.69, 9.17) is 0 Å². The van der Waals surface area contributed by atoms with Gasteiger partial charge in [0.1, 0.15) is 11.7 Å². The molecule has 3 fully saturated rings. The van der Waals surface area contributed by atoms with Crippen LogP contribution in [0.25, 0.3) is 0 Å².